The van der Waals surface area contributed by atoms with E-state index >= 15 is 0 Å². The highest BCUT2D eigenvalue weighted by molar-refractivity contribution is 7.93. The highest BCUT2D eigenvalue weighted by atomic mass is 32.2. The van der Waals surface area contributed by atoms with Crippen LogP contribution in [-0.2, 0) is 16.6 Å². The van der Waals surface area contributed by atoms with Crippen LogP contribution in [0.2, 0.25) is 0 Å². The van der Waals surface area contributed by atoms with Crippen molar-refractivity contribution in [2.75, 3.05) is 10.9 Å². The molecule has 0 amide bonds. The number of aromatic nitrogens is 1. The summed E-state index contributed by atoms with van der Waals surface area (Å²) in [5, 5.41) is -0.303. The van der Waals surface area contributed by atoms with Gasteiger partial charge in [-0.2, -0.15) is 0 Å². The van der Waals surface area contributed by atoms with Crippen molar-refractivity contribution >= 4 is 15.7 Å². The smallest absolute Gasteiger partial charge is 0.238 e. The number of rotatable bonds is 9. The number of pyridine rings is 1. The lowest BCUT2D eigenvalue weighted by Crippen LogP contribution is -2.33. The number of nitrogens with zero attached hydrogens (tertiary/aromatic N) is 2. The van der Waals surface area contributed by atoms with Gasteiger partial charge in [0.25, 0.3) is 0 Å². The van der Waals surface area contributed by atoms with Crippen LogP contribution in [0.15, 0.2) is 73.1 Å². The third-order valence-corrected chi connectivity index (χ3v) is 7.07. The topological polar surface area (TPSA) is 68.7 Å². The van der Waals surface area contributed by atoms with Crippen molar-refractivity contribution in [1.29, 1.82) is 0 Å². The SMILES string of the molecule is CCOc1ccccc1Oc1ccc(N(Cc2cccnc2)S(=O)(=O)C2CC2)cc1. The molecule has 0 spiro atoms. The minimum Gasteiger partial charge on any atom is -0.490 e. The van der Waals surface area contributed by atoms with Gasteiger partial charge in [0.05, 0.1) is 24.1 Å². The molecule has 6 nitrogen and oxygen atoms in total. The average molecular weight is 425 g/mol. The van der Waals surface area contributed by atoms with Gasteiger partial charge in [0, 0.05) is 12.4 Å². The average Bonchev–Trinajstić information content (AvgIpc) is 3.61. The van der Waals surface area contributed by atoms with Crippen LogP contribution < -0.4 is 13.8 Å². The Morgan fingerprint density at radius 3 is 2.37 bits per heavy atom. The van der Waals surface area contributed by atoms with Crippen LogP contribution in [0.3, 0.4) is 0 Å². The van der Waals surface area contributed by atoms with Gasteiger partial charge < -0.3 is 9.47 Å². The van der Waals surface area contributed by atoms with Gasteiger partial charge in [0.15, 0.2) is 11.5 Å². The molecule has 1 heterocycles. The normalized spacial score (nSPS) is 13.6. The van der Waals surface area contributed by atoms with Crippen molar-refractivity contribution in [3.63, 3.8) is 0 Å². The first-order valence-electron chi connectivity index (χ1n) is 9.98. The number of hydrogen-bond donors (Lipinski definition) is 0. The van der Waals surface area contributed by atoms with Crippen LogP contribution in [0.4, 0.5) is 5.69 Å². The standard InChI is InChI=1S/C23H24N2O4S/c1-2-28-22-7-3-4-8-23(22)29-20-11-9-19(10-12-20)25(30(26,27)21-13-14-21)17-18-6-5-15-24-16-18/h3-12,15-16,21H,2,13-14,17H2,1H3. The molecule has 156 valence electrons. The molecule has 1 aromatic heterocycles. The number of sulfonamides is 1. The molecule has 0 saturated heterocycles. The zero-order valence-corrected chi connectivity index (χ0v) is 17.6. The molecule has 0 atom stereocenters. The summed E-state index contributed by atoms with van der Waals surface area (Å²) >= 11 is 0. The van der Waals surface area contributed by atoms with Gasteiger partial charge in [0.1, 0.15) is 5.75 Å². The maximum atomic E-state index is 13.0. The Morgan fingerprint density at radius 1 is 1.00 bits per heavy atom. The summed E-state index contributed by atoms with van der Waals surface area (Å²) in [6.07, 6.45) is 4.79. The van der Waals surface area contributed by atoms with Gasteiger partial charge in [-0.1, -0.05) is 18.2 Å². The predicted octanol–water partition coefficient (Wildman–Crippen LogP) is 4.77. The van der Waals surface area contributed by atoms with E-state index in [1.165, 1.54) is 4.31 Å². The second kappa shape index (κ2) is 8.75. The van der Waals surface area contributed by atoms with Crippen molar-refractivity contribution in [1.82, 2.24) is 4.98 Å². The monoisotopic (exact) mass is 424 g/mol. The van der Waals surface area contributed by atoms with Gasteiger partial charge in [-0.05, 0) is 67.8 Å². The molecule has 1 fully saturated rings. The van der Waals surface area contributed by atoms with E-state index in [4.69, 9.17) is 9.47 Å². The van der Waals surface area contributed by atoms with E-state index in [1.54, 1.807) is 36.7 Å². The largest absolute Gasteiger partial charge is 0.490 e. The summed E-state index contributed by atoms with van der Waals surface area (Å²) in [6.45, 7) is 2.71. The van der Waals surface area contributed by atoms with Crippen LogP contribution in [-0.4, -0.2) is 25.3 Å². The fraction of sp³-hybridized carbons (Fsp3) is 0.261. The quantitative estimate of drug-likeness (QED) is 0.495. The third kappa shape index (κ3) is 4.57. The molecule has 0 unspecified atom stereocenters. The number of para-hydroxylation sites is 2. The Labute approximate surface area is 177 Å². The van der Waals surface area contributed by atoms with E-state index in [0.29, 0.717) is 42.4 Å². The van der Waals surface area contributed by atoms with Crippen LogP contribution in [0.25, 0.3) is 0 Å². The molecule has 3 aromatic rings. The van der Waals surface area contributed by atoms with Crippen LogP contribution in [0.5, 0.6) is 17.2 Å². The zero-order chi connectivity index (χ0) is 21.0. The minimum atomic E-state index is -3.42. The molecule has 1 aliphatic rings. The molecular formula is C23H24N2O4S. The first-order valence-corrected chi connectivity index (χ1v) is 11.5. The Bertz CT molecular complexity index is 1080. The second-order valence-electron chi connectivity index (χ2n) is 7.09. The summed E-state index contributed by atoms with van der Waals surface area (Å²) < 4.78 is 39.1. The third-order valence-electron chi connectivity index (χ3n) is 4.80. The fourth-order valence-electron chi connectivity index (χ4n) is 3.15. The molecule has 30 heavy (non-hydrogen) atoms. The van der Waals surface area contributed by atoms with Gasteiger partial charge in [-0.25, -0.2) is 8.42 Å². The summed E-state index contributed by atoms with van der Waals surface area (Å²) in [4.78, 5) is 4.10. The predicted molar refractivity (Wildman–Crippen MR) is 116 cm³/mol. The first-order chi connectivity index (χ1) is 14.6. The molecule has 0 bridgehead atoms. The van der Waals surface area contributed by atoms with E-state index < -0.39 is 10.0 Å². The molecule has 0 radical (unpaired) electrons. The van der Waals surface area contributed by atoms with Crippen LogP contribution in [0.1, 0.15) is 25.3 Å². The minimum absolute atomic E-state index is 0.250. The number of anilines is 1. The Morgan fingerprint density at radius 2 is 1.73 bits per heavy atom. The van der Waals surface area contributed by atoms with Gasteiger partial charge in [-0.15, -0.1) is 0 Å². The summed E-state index contributed by atoms with van der Waals surface area (Å²) in [5.41, 5.74) is 1.45. The molecule has 1 aliphatic carbocycles. The van der Waals surface area contributed by atoms with Gasteiger partial charge in [-0.3, -0.25) is 9.29 Å². The lowest BCUT2D eigenvalue weighted by atomic mass is 10.2. The fourth-order valence-corrected chi connectivity index (χ4v) is 4.98. The van der Waals surface area contributed by atoms with Crippen molar-refractivity contribution in [3.8, 4) is 17.2 Å². The van der Waals surface area contributed by atoms with E-state index in [2.05, 4.69) is 4.98 Å². The van der Waals surface area contributed by atoms with Gasteiger partial charge in [0.2, 0.25) is 10.0 Å². The number of ether oxygens (including phenoxy) is 2. The molecule has 4 rings (SSSR count). The van der Waals surface area contributed by atoms with Crippen molar-refractivity contribution < 1.29 is 17.9 Å². The van der Waals surface area contributed by atoms with Crippen molar-refractivity contribution in [2.45, 2.75) is 31.6 Å². The van der Waals surface area contributed by atoms with E-state index in [0.717, 1.165) is 5.56 Å². The summed E-state index contributed by atoms with van der Waals surface area (Å²) in [5.74, 6) is 1.89. The number of hydrogen-bond acceptors (Lipinski definition) is 5. The van der Waals surface area contributed by atoms with Crippen LogP contribution in [0, 0.1) is 0 Å². The highest BCUT2D eigenvalue weighted by Gasteiger charge is 2.40. The van der Waals surface area contributed by atoms with Crippen LogP contribution >= 0.6 is 0 Å². The van der Waals surface area contributed by atoms with Crippen molar-refractivity contribution in [2.24, 2.45) is 0 Å². The first kappa shape index (κ1) is 20.2. The van der Waals surface area contributed by atoms with E-state index in [-0.39, 0.29) is 11.8 Å². The zero-order valence-electron chi connectivity index (χ0n) is 16.8. The lowest BCUT2D eigenvalue weighted by molar-refractivity contribution is 0.321. The molecule has 2 aromatic carbocycles. The Hall–Kier alpha value is -3.06. The Balaban J connectivity index is 1.58. The van der Waals surface area contributed by atoms with Crippen molar-refractivity contribution in [3.05, 3.63) is 78.6 Å². The van der Waals surface area contributed by atoms with E-state index in [9.17, 15) is 8.42 Å². The molecule has 0 aliphatic heterocycles. The van der Waals surface area contributed by atoms with Gasteiger partial charge >= 0.3 is 0 Å². The lowest BCUT2D eigenvalue weighted by Gasteiger charge is -2.24. The second-order valence-corrected chi connectivity index (χ2v) is 9.23. The summed E-state index contributed by atoms with van der Waals surface area (Å²) in [7, 11) is -3.42. The molecular weight excluding hydrogens is 400 g/mol. The maximum Gasteiger partial charge on any atom is 0.238 e. The Kier molecular flexibility index (Phi) is 5.90. The molecule has 0 N–H and O–H groups in total. The maximum absolute atomic E-state index is 13.0. The molecule has 7 heteroatoms. The highest BCUT2D eigenvalue weighted by Crippen LogP contribution is 2.36. The molecule has 1 saturated carbocycles. The number of benzene rings is 2. The summed E-state index contributed by atoms with van der Waals surface area (Å²) in [6, 6.07) is 18.2. The van der Waals surface area contributed by atoms with E-state index in [1.807, 2.05) is 43.3 Å².